The summed E-state index contributed by atoms with van der Waals surface area (Å²) in [6, 6.07) is 21.3. The van der Waals surface area contributed by atoms with Gasteiger partial charge in [-0.25, -0.2) is 9.78 Å². The van der Waals surface area contributed by atoms with Gasteiger partial charge in [0.15, 0.2) is 5.16 Å². The molecule has 1 aromatic heterocycles. The van der Waals surface area contributed by atoms with Crippen molar-refractivity contribution in [3.63, 3.8) is 0 Å². The van der Waals surface area contributed by atoms with E-state index in [0.29, 0.717) is 10.8 Å². The summed E-state index contributed by atoms with van der Waals surface area (Å²) in [5, 5.41) is 12.0. The van der Waals surface area contributed by atoms with E-state index in [4.69, 9.17) is 19.6 Å². The van der Waals surface area contributed by atoms with Crippen LogP contribution in [-0.4, -0.2) is 46.4 Å². The number of carboxylic acids is 1. The van der Waals surface area contributed by atoms with E-state index in [-0.39, 0.29) is 11.5 Å². The lowest BCUT2D eigenvalue weighted by Crippen LogP contribution is -2.22. The number of aromatic amines is 1. The number of carboxylic acid groups (broad SMARTS) is 1. The van der Waals surface area contributed by atoms with Crippen molar-refractivity contribution in [2.75, 3.05) is 19.5 Å². The zero-order valence-corrected chi connectivity index (χ0v) is 20.8. The van der Waals surface area contributed by atoms with Crippen LogP contribution in [0.2, 0.25) is 0 Å². The molecular formula is C27H25N3O5S. The fourth-order valence-electron chi connectivity index (χ4n) is 3.49. The second-order valence-corrected chi connectivity index (χ2v) is 9.18. The number of benzene rings is 3. The number of hydrogen-bond donors (Lipinski definition) is 3. The molecule has 4 rings (SSSR count). The smallest absolute Gasteiger partial charge is 0.335 e. The molecule has 9 heteroatoms. The minimum absolute atomic E-state index is 0.156. The summed E-state index contributed by atoms with van der Waals surface area (Å²) in [7, 11) is 3.24. The molecule has 1 atom stereocenters. The van der Waals surface area contributed by atoms with Crippen LogP contribution in [0, 0.1) is 0 Å². The van der Waals surface area contributed by atoms with E-state index in [1.54, 1.807) is 33.3 Å². The molecule has 0 aliphatic carbocycles. The fraction of sp³-hybridized carbons (Fsp3) is 0.148. The Hall–Kier alpha value is -4.24. The van der Waals surface area contributed by atoms with Gasteiger partial charge in [-0.3, -0.25) is 4.79 Å². The van der Waals surface area contributed by atoms with Crippen LogP contribution in [0.1, 0.15) is 17.3 Å². The van der Waals surface area contributed by atoms with E-state index in [1.165, 1.54) is 23.9 Å². The Morgan fingerprint density at radius 3 is 1.97 bits per heavy atom. The number of carbonyl (C=O) groups is 2. The number of H-pyrrole nitrogens is 1. The molecule has 0 saturated heterocycles. The molecule has 0 aliphatic heterocycles. The van der Waals surface area contributed by atoms with Crippen LogP contribution >= 0.6 is 11.8 Å². The minimum Gasteiger partial charge on any atom is -0.497 e. The van der Waals surface area contributed by atoms with Crippen LogP contribution in [0.3, 0.4) is 0 Å². The van der Waals surface area contributed by atoms with Crippen LogP contribution in [0.15, 0.2) is 78.0 Å². The predicted octanol–water partition coefficient (Wildman–Crippen LogP) is 5.58. The summed E-state index contributed by atoms with van der Waals surface area (Å²) >= 11 is 1.30. The third-order valence-corrected chi connectivity index (χ3v) is 6.47. The summed E-state index contributed by atoms with van der Waals surface area (Å²) < 4.78 is 10.6. The van der Waals surface area contributed by atoms with Crippen molar-refractivity contribution in [2.24, 2.45) is 0 Å². The van der Waals surface area contributed by atoms with E-state index >= 15 is 0 Å². The van der Waals surface area contributed by atoms with E-state index in [2.05, 4.69) is 10.3 Å². The summed E-state index contributed by atoms with van der Waals surface area (Å²) in [6.07, 6.45) is 0. The number of amides is 1. The predicted molar refractivity (Wildman–Crippen MR) is 140 cm³/mol. The molecule has 0 saturated carbocycles. The molecule has 4 aromatic rings. The van der Waals surface area contributed by atoms with Gasteiger partial charge in [0.05, 0.1) is 36.4 Å². The number of rotatable bonds is 9. The second-order valence-electron chi connectivity index (χ2n) is 7.85. The maximum atomic E-state index is 12.8. The Morgan fingerprint density at radius 1 is 0.889 bits per heavy atom. The highest BCUT2D eigenvalue weighted by molar-refractivity contribution is 8.00. The number of ether oxygens (including phenoxy) is 2. The first-order chi connectivity index (χ1) is 17.4. The van der Waals surface area contributed by atoms with Crippen LogP contribution in [0.25, 0.3) is 22.5 Å². The highest BCUT2D eigenvalue weighted by Gasteiger charge is 2.20. The molecule has 36 heavy (non-hydrogen) atoms. The van der Waals surface area contributed by atoms with Gasteiger partial charge >= 0.3 is 5.97 Å². The van der Waals surface area contributed by atoms with E-state index in [0.717, 1.165) is 34.0 Å². The third-order valence-electron chi connectivity index (χ3n) is 5.48. The molecule has 3 N–H and O–H groups in total. The number of nitrogens with one attached hydrogen (secondary N) is 2. The molecule has 8 nitrogen and oxygen atoms in total. The number of thioether (sulfide) groups is 1. The summed E-state index contributed by atoms with van der Waals surface area (Å²) in [6.45, 7) is 1.79. The number of methoxy groups -OCH3 is 2. The van der Waals surface area contributed by atoms with E-state index in [1.807, 2.05) is 48.5 Å². The van der Waals surface area contributed by atoms with Gasteiger partial charge in [0.25, 0.3) is 0 Å². The van der Waals surface area contributed by atoms with Gasteiger partial charge in [0, 0.05) is 16.8 Å². The van der Waals surface area contributed by atoms with Gasteiger partial charge in [-0.05, 0) is 79.7 Å². The Morgan fingerprint density at radius 2 is 1.44 bits per heavy atom. The lowest BCUT2D eigenvalue weighted by Gasteiger charge is -2.10. The standard InChI is InChI=1S/C27H25N3O5S/c1-16(25(31)28-20-10-4-19(5-11-20)26(32)33)36-27-29-23(17-6-12-21(34-2)13-7-17)24(30-27)18-8-14-22(35-3)15-9-18/h4-16H,1-3H3,(H,28,31)(H,29,30)(H,32,33). The SMILES string of the molecule is COc1ccc(-c2nc(SC(C)C(=O)Nc3ccc(C(=O)O)cc3)[nH]c2-c2ccc(OC)cc2)cc1. The molecule has 1 unspecified atom stereocenters. The Bertz CT molecular complexity index is 1280. The highest BCUT2D eigenvalue weighted by Crippen LogP contribution is 2.35. The summed E-state index contributed by atoms with van der Waals surface area (Å²) in [5.74, 6) is 0.253. The van der Waals surface area contributed by atoms with Crippen molar-refractivity contribution in [1.82, 2.24) is 9.97 Å². The number of aromatic carboxylic acids is 1. The van der Waals surface area contributed by atoms with Crippen molar-refractivity contribution < 1.29 is 24.2 Å². The molecule has 0 spiro atoms. The number of nitrogens with zero attached hydrogens (tertiary/aromatic N) is 1. The topological polar surface area (TPSA) is 114 Å². The monoisotopic (exact) mass is 503 g/mol. The normalized spacial score (nSPS) is 11.5. The van der Waals surface area contributed by atoms with Crippen LogP contribution in [0.4, 0.5) is 5.69 Å². The first-order valence-corrected chi connectivity index (χ1v) is 12.0. The molecular weight excluding hydrogens is 478 g/mol. The van der Waals surface area contributed by atoms with Crippen LogP contribution in [-0.2, 0) is 4.79 Å². The number of hydrogen-bond acceptors (Lipinski definition) is 6. The zero-order valence-electron chi connectivity index (χ0n) is 19.9. The maximum Gasteiger partial charge on any atom is 0.335 e. The van der Waals surface area contributed by atoms with Gasteiger partial charge in [-0.2, -0.15) is 0 Å². The van der Waals surface area contributed by atoms with Crippen molar-refractivity contribution in [3.8, 4) is 34.0 Å². The summed E-state index contributed by atoms with van der Waals surface area (Å²) in [5.41, 5.74) is 4.08. The molecule has 0 fully saturated rings. The fourth-order valence-corrected chi connectivity index (χ4v) is 4.30. The van der Waals surface area contributed by atoms with Gasteiger partial charge in [-0.1, -0.05) is 11.8 Å². The van der Waals surface area contributed by atoms with Gasteiger partial charge in [0.1, 0.15) is 11.5 Å². The third kappa shape index (κ3) is 5.69. The van der Waals surface area contributed by atoms with Gasteiger partial charge < -0.3 is 24.9 Å². The Labute approximate surface area is 212 Å². The second kappa shape index (κ2) is 11.0. The molecule has 0 aliphatic rings. The van der Waals surface area contributed by atoms with E-state index < -0.39 is 11.2 Å². The number of anilines is 1. The molecule has 1 amide bonds. The van der Waals surface area contributed by atoms with Crippen molar-refractivity contribution in [3.05, 3.63) is 78.4 Å². The molecule has 0 bridgehead atoms. The molecule has 3 aromatic carbocycles. The quantitative estimate of drug-likeness (QED) is 0.256. The number of aromatic nitrogens is 2. The highest BCUT2D eigenvalue weighted by atomic mass is 32.2. The first kappa shape index (κ1) is 24.9. The van der Waals surface area contributed by atoms with Gasteiger partial charge in [0.2, 0.25) is 5.91 Å². The van der Waals surface area contributed by atoms with Gasteiger partial charge in [-0.15, -0.1) is 0 Å². The van der Waals surface area contributed by atoms with Crippen molar-refractivity contribution >= 4 is 29.3 Å². The van der Waals surface area contributed by atoms with Crippen molar-refractivity contribution in [1.29, 1.82) is 0 Å². The van der Waals surface area contributed by atoms with Crippen LogP contribution in [0.5, 0.6) is 11.5 Å². The zero-order chi connectivity index (χ0) is 25.7. The summed E-state index contributed by atoms with van der Waals surface area (Å²) in [4.78, 5) is 32.0. The Kier molecular flexibility index (Phi) is 7.60. The average molecular weight is 504 g/mol. The molecule has 1 heterocycles. The average Bonchev–Trinajstić information content (AvgIpc) is 3.32. The van der Waals surface area contributed by atoms with Crippen LogP contribution < -0.4 is 14.8 Å². The van der Waals surface area contributed by atoms with E-state index in [9.17, 15) is 9.59 Å². The largest absolute Gasteiger partial charge is 0.497 e. The Balaban J connectivity index is 1.57. The lowest BCUT2D eigenvalue weighted by atomic mass is 10.0. The van der Waals surface area contributed by atoms with Crippen molar-refractivity contribution in [2.45, 2.75) is 17.3 Å². The maximum absolute atomic E-state index is 12.8. The number of imidazole rings is 1. The number of carbonyl (C=O) groups excluding carboxylic acids is 1. The first-order valence-electron chi connectivity index (χ1n) is 11.1. The molecule has 0 radical (unpaired) electrons. The lowest BCUT2D eigenvalue weighted by molar-refractivity contribution is -0.115. The molecule has 184 valence electrons. The minimum atomic E-state index is -1.02.